The number of hydrogen-bond donors (Lipinski definition) is 2. The molecular formula is C15H12Cl2N2O2S. The number of sulfonamides is 1. The highest BCUT2D eigenvalue weighted by Gasteiger charge is 2.16. The molecular weight excluding hydrogens is 343 g/mol. The summed E-state index contributed by atoms with van der Waals surface area (Å²) in [6, 6.07) is 11.9. The fraction of sp³-hybridized carbons (Fsp3) is 0.0667. The van der Waals surface area contributed by atoms with Crippen LogP contribution < -0.4 is 4.72 Å². The second kappa shape index (κ2) is 5.93. The van der Waals surface area contributed by atoms with Gasteiger partial charge in [0.15, 0.2) is 0 Å². The van der Waals surface area contributed by atoms with Gasteiger partial charge in [-0.2, -0.15) is 0 Å². The number of fused-ring (bicyclic) bond motifs is 1. The monoisotopic (exact) mass is 354 g/mol. The van der Waals surface area contributed by atoms with Crippen LogP contribution in [0.3, 0.4) is 0 Å². The predicted octanol–water partition coefficient (Wildman–Crippen LogP) is 3.95. The molecule has 3 aromatic rings. The molecule has 0 spiro atoms. The van der Waals surface area contributed by atoms with Gasteiger partial charge in [0.1, 0.15) is 0 Å². The van der Waals surface area contributed by atoms with E-state index in [4.69, 9.17) is 23.2 Å². The summed E-state index contributed by atoms with van der Waals surface area (Å²) in [7, 11) is -3.65. The molecule has 0 aliphatic carbocycles. The summed E-state index contributed by atoms with van der Waals surface area (Å²) in [4.78, 5) is 3.19. The van der Waals surface area contributed by atoms with Crippen LogP contribution in [0.1, 0.15) is 5.56 Å². The van der Waals surface area contributed by atoms with Crippen LogP contribution in [0.25, 0.3) is 10.9 Å². The summed E-state index contributed by atoms with van der Waals surface area (Å²) < 4.78 is 27.2. The van der Waals surface area contributed by atoms with Crippen LogP contribution in [-0.2, 0) is 16.6 Å². The molecule has 1 aromatic heterocycles. The van der Waals surface area contributed by atoms with Gasteiger partial charge in [-0.25, -0.2) is 13.1 Å². The SMILES string of the molecule is O=S(=O)(NCc1c[nH]c2ccccc12)c1ccc(Cl)c(Cl)c1. The van der Waals surface area contributed by atoms with Crippen molar-refractivity contribution in [2.75, 3.05) is 0 Å². The molecule has 22 heavy (non-hydrogen) atoms. The molecule has 7 heteroatoms. The lowest BCUT2D eigenvalue weighted by atomic mass is 10.2. The molecule has 3 rings (SSSR count). The van der Waals surface area contributed by atoms with Crippen LogP contribution in [0, 0.1) is 0 Å². The number of rotatable bonds is 4. The summed E-state index contributed by atoms with van der Waals surface area (Å²) in [5.41, 5.74) is 1.84. The maximum Gasteiger partial charge on any atom is 0.240 e. The Balaban J connectivity index is 1.84. The first-order valence-electron chi connectivity index (χ1n) is 6.47. The highest BCUT2D eigenvalue weighted by molar-refractivity contribution is 7.89. The highest BCUT2D eigenvalue weighted by Crippen LogP contribution is 2.25. The molecule has 114 valence electrons. The van der Waals surface area contributed by atoms with Crippen molar-refractivity contribution in [1.82, 2.24) is 9.71 Å². The fourth-order valence-corrected chi connectivity index (χ4v) is 3.57. The van der Waals surface area contributed by atoms with E-state index in [0.717, 1.165) is 16.5 Å². The zero-order chi connectivity index (χ0) is 15.7. The van der Waals surface area contributed by atoms with Crippen molar-refractivity contribution in [1.29, 1.82) is 0 Å². The minimum absolute atomic E-state index is 0.0849. The van der Waals surface area contributed by atoms with Gasteiger partial charge in [-0.3, -0.25) is 0 Å². The fourth-order valence-electron chi connectivity index (χ4n) is 2.18. The molecule has 0 atom stereocenters. The van der Waals surface area contributed by atoms with Crippen molar-refractivity contribution in [2.24, 2.45) is 0 Å². The largest absolute Gasteiger partial charge is 0.361 e. The van der Waals surface area contributed by atoms with E-state index in [1.807, 2.05) is 24.3 Å². The lowest BCUT2D eigenvalue weighted by Crippen LogP contribution is -2.23. The minimum Gasteiger partial charge on any atom is -0.361 e. The first kappa shape index (κ1) is 15.4. The van der Waals surface area contributed by atoms with Gasteiger partial charge in [-0.1, -0.05) is 41.4 Å². The highest BCUT2D eigenvalue weighted by atomic mass is 35.5. The van der Waals surface area contributed by atoms with E-state index in [1.54, 1.807) is 6.20 Å². The molecule has 0 bridgehead atoms. The number of para-hydroxylation sites is 1. The van der Waals surface area contributed by atoms with Crippen LogP contribution in [-0.4, -0.2) is 13.4 Å². The van der Waals surface area contributed by atoms with Crippen molar-refractivity contribution in [3.63, 3.8) is 0 Å². The lowest BCUT2D eigenvalue weighted by molar-refractivity contribution is 0.581. The molecule has 0 amide bonds. The van der Waals surface area contributed by atoms with Crippen LogP contribution in [0.2, 0.25) is 10.0 Å². The second-order valence-electron chi connectivity index (χ2n) is 4.76. The summed E-state index contributed by atoms with van der Waals surface area (Å²) in [5.74, 6) is 0. The molecule has 4 nitrogen and oxygen atoms in total. The molecule has 0 saturated heterocycles. The summed E-state index contributed by atoms with van der Waals surface area (Å²) in [6.07, 6.45) is 1.79. The topological polar surface area (TPSA) is 62.0 Å². The van der Waals surface area contributed by atoms with Crippen molar-refractivity contribution in [3.05, 3.63) is 64.3 Å². The van der Waals surface area contributed by atoms with Crippen LogP contribution >= 0.6 is 23.2 Å². The molecule has 0 fully saturated rings. The van der Waals surface area contributed by atoms with Gasteiger partial charge >= 0.3 is 0 Å². The minimum atomic E-state index is -3.65. The van der Waals surface area contributed by atoms with Gasteiger partial charge in [0.2, 0.25) is 10.0 Å². The Labute approximate surface area is 138 Å². The van der Waals surface area contributed by atoms with Crippen LogP contribution in [0.5, 0.6) is 0 Å². The lowest BCUT2D eigenvalue weighted by Gasteiger charge is -2.07. The average molecular weight is 355 g/mol. The Kier molecular flexibility index (Phi) is 4.14. The molecule has 1 heterocycles. The normalized spacial score (nSPS) is 11.9. The van der Waals surface area contributed by atoms with Gasteiger partial charge in [0.25, 0.3) is 0 Å². The number of aromatic nitrogens is 1. The second-order valence-corrected chi connectivity index (χ2v) is 7.34. The van der Waals surface area contributed by atoms with Gasteiger partial charge < -0.3 is 4.98 Å². The van der Waals surface area contributed by atoms with Crippen molar-refractivity contribution < 1.29 is 8.42 Å². The summed E-state index contributed by atoms with van der Waals surface area (Å²) in [5, 5.41) is 1.51. The Bertz CT molecular complexity index is 936. The number of halogens is 2. The van der Waals surface area contributed by atoms with Crippen LogP contribution in [0.15, 0.2) is 53.6 Å². The molecule has 0 saturated carbocycles. The molecule has 2 N–H and O–H groups in total. The van der Waals surface area contributed by atoms with Gasteiger partial charge in [-0.15, -0.1) is 0 Å². The van der Waals surface area contributed by atoms with E-state index in [2.05, 4.69) is 9.71 Å². The average Bonchev–Trinajstić information content (AvgIpc) is 2.91. The van der Waals surface area contributed by atoms with Crippen molar-refractivity contribution in [2.45, 2.75) is 11.4 Å². The number of hydrogen-bond acceptors (Lipinski definition) is 2. The van der Waals surface area contributed by atoms with E-state index in [-0.39, 0.29) is 16.5 Å². The third-order valence-electron chi connectivity index (χ3n) is 3.33. The van der Waals surface area contributed by atoms with Crippen LogP contribution in [0.4, 0.5) is 0 Å². The standard InChI is InChI=1S/C15H12Cl2N2O2S/c16-13-6-5-11(7-14(13)17)22(20,21)19-9-10-8-18-15-4-2-1-3-12(10)15/h1-8,18-19H,9H2. The summed E-state index contributed by atoms with van der Waals surface area (Å²) >= 11 is 11.7. The molecule has 2 aromatic carbocycles. The van der Waals surface area contributed by atoms with Gasteiger partial charge in [0, 0.05) is 23.6 Å². The zero-order valence-corrected chi connectivity index (χ0v) is 13.6. The Hall–Kier alpha value is -1.53. The molecule has 0 aliphatic rings. The van der Waals surface area contributed by atoms with Gasteiger partial charge in [-0.05, 0) is 29.8 Å². The summed E-state index contributed by atoms with van der Waals surface area (Å²) in [6.45, 7) is 0.187. The maximum absolute atomic E-state index is 12.3. The first-order valence-corrected chi connectivity index (χ1v) is 8.71. The van der Waals surface area contributed by atoms with E-state index in [0.29, 0.717) is 5.02 Å². The molecule has 0 aliphatic heterocycles. The number of aromatic amines is 1. The quantitative estimate of drug-likeness (QED) is 0.744. The number of nitrogens with one attached hydrogen (secondary N) is 2. The van der Waals surface area contributed by atoms with E-state index >= 15 is 0 Å². The van der Waals surface area contributed by atoms with E-state index < -0.39 is 10.0 Å². The zero-order valence-electron chi connectivity index (χ0n) is 11.3. The Morgan fingerprint density at radius 1 is 1.05 bits per heavy atom. The number of benzene rings is 2. The van der Waals surface area contributed by atoms with Crippen molar-refractivity contribution >= 4 is 44.1 Å². The van der Waals surface area contributed by atoms with Gasteiger partial charge in [0.05, 0.1) is 14.9 Å². The first-order chi connectivity index (χ1) is 10.5. The maximum atomic E-state index is 12.3. The number of H-pyrrole nitrogens is 1. The molecule has 0 unspecified atom stereocenters. The predicted molar refractivity (Wildman–Crippen MR) is 88.8 cm³/mol. The third kappa shape index (κ3) is 2.98. The third-order valence-corrected chi connectivity index (χ3v) is 5.47. The van der Waals surface area contributed by atoms with E-state index in [1.165, 1.54) is 18.2 Å². The smallest absolute Gasteiger partial charge is 0.240 e. The van der Waals surface area contributed by atoms with E-state index in [9.17, 15) is 8.42 Å². The molecule has 0 radical (unpaired) electrons. The van der Waals surface area contributed by atoms with Crippen molar-refractivity contribution in [3.8, 4) is 0 Å². The Morgan fingerprint density at radius 2 is 1.82 bits per heavy atom. The Morgan fingerprint density at radius 3 is 2.59 bits per heavy atom.